The van der Waals surface area contributed by atoms with Crippen molar-refractivity contribution in [1.29, 1.82) is 0 Å². The Bertz CT molecular complexity index is 455. The molecule has 2 unspecified atom stereocenters. The highest BCUT2D eigenvalue weighted by Crippen LogP contribution is 2.28. The van der Waals surface area contributed by atoms with Gasteiger partial charge in [-0.15, -0.1) is 0 Å². The molecule has 1 aromatic carbocycles. The molecule has 20 heavy (non-hydrogen) atoms. The number of ether oxygens (including phenoxy) is 1. The normalized spacial score (nSPS) is 20.4. The maximum atomic E-state index is 12.3. The largest absolute Gasteiger partial charge is 0.508 e. The number of nitrogens with zero attached hydrogens (tertiary/aromatic N) is 1. The van der Waals surface area contributed by atoms with Crippen LogP contribution in [0.15, 0.2) is 24.3 Å². The lowest BCUT2D eigenvalue weighted by Crippen LogP contribution is -2.34. The minimum Gasteiger partial charge on any atom is -0.508 e. The van der Waals surface area contributed by atoms with E-state index >= 15 is 0 Å². The Morgan fingerprint density at radius 1 is 1.45 bits per heavy atom. The van der Waals surface area contributed by atoms with Crippen LogP contribution in [0.2, 0.25) is 0 Å². The Labute approximate surface area is 120 Å². The van der Waals surface area contributed by atoms with Crippen molar-refractivity contribution >= 4 is 5.91 Å². The number of amides is 1. The van der Waals surface area contributed by atoms with Crippen LogP contribution in [0.5, 0.6) is 5.75 Å². The van der Waals surface area contributed by atoms with Crippen molar-refractivity contribution in [2.45, 2.75) is 44.8 Å². The molecular formula is C16H23NO3. The van der Waals surface area contributed by atoms with Gasteiger partial charge in [-0.1, -0.05) is 18.2 Å². The van der Waals surface area contributed by atoms with Crippen LogP contribution in [0.25, 0.3) is 0 Å². The van der Waals surface area contributed by atoms with Crippen molar-refractivity contribution in [3.63, 3.8) is 0 Å². The van der Waals surface area contributed by atoms with Crippen molar-refractivity contribution in [3.8, 4) is 5.75 Å². The fraction of sp³-hybridized carbons (Fsp3) is 0.562. The van der Waals surface area contributed by atoms with Crippen LogP contribution >= 0.6 is 0 Å². The standard InChI is InChI=1S/C16H23NO3/c1-12(14-8-3-4-9-15(14)18)17(2)16(19)11-13-7-5-6-10-20-13/h3-4,8-9,12-13,18H,5-7,10-11H2,1-2H3. The van der Waals surface area contributed by atoms with Crippen LogP contribution < -0.4 is 0 Å². The number of phenolic OH excluding ortho intramolecular Hbond substituents is 1. The van der Waals surface area contributed by atoms with E-state index in [0.29, 0.717) is 6.42 Å². The first-order valence-electron chi connectivity index (χ1n) is 7.24. The van der Waals surface area contributed by atoms with E-state index in [4.69, 9.17) is 4.74 Å². The van der Waals surface area contributed by atoms with Crippen LogP contribution in [0.4, 0.5) is 0 Å². The predicted molar refractivity (Wildman–Crippen MR) is 77.5 cm³/mol. The van der Waals surface area contributed by atoms with Crippen LogP contribution in [0.1, 0.15) is 44.2 Å². The number of rotatable bonds is 4. The van der Waals surface area contributed by atoms with Gasteiger partial charge in [0.25, 0.3) is 0 Å². The molecule has 1 fully saturated rings. The van der Waals surface area contributed by atoms with E-state index in [1.54, 1.807) is 24.1 Å². The lowest BCUT2D eigenvalue weighted by atomic mass is 10.0. The summed E-state index contributed by atoms with van der Waals surface area (Å²) in [5.74, 6) is 0.293. The van der Waals surface area contributed by atoms with Crippen LogP contribution in [-0.4, -0.2) is 35.7 Å². The number of carbonyl (C=O) groups is 1. The molecule has 0 radical (unpaired) electrons. The summed E-state index contributed by atoms with van der Waals surface area (Å²) in [5, 5.41) is 9.87. The zero-order valence-electron chi connectivity index (χ0n) is 12.2. The number of hydrogen-bond acceptors (Lipinski definition) is 3. The van der Waals surface area contributed by atoms with Gasteiger partial charge in [-0.3, -0.25) is 4.79 Å². The molecule has 1 aromatic rings. The number of hydrogen-bond donors (Lipinski definition) is 1. The summed E-state index contributed by atoms with van der Waals surface area (Å²) in [6, 6.07) is 7.00. The average Bonchev–Trinajstić information content (AvgIpc) is 2.47. The molecule has 0 bridgehead atoms. The van der Waals surface area contributed by atoms with Crippen molar-refractivity contribution in [3.05, 3.63) is 29.8 Å². The highest BCUT2D eigenvalue weighted by molar-refractivity contribution is 5.77. The van der Waals surface area contributed by atoms with E-state index in [2.05, 4.69) is 0 Å². The second kappa shape index (κ2) is 6.75. The first kappa shape index (κ1) is 14.9. The maximum Gasteiger partial charge on any atom is 0.225 e. The molecular weight excluding hydrogens is 254 g/mol. The van der Waals surface area contributed by atoms with Crippen LogP contribution in [0.3, 0.4) is 0 Å². The van der Waals surface area contributed by atoms with Gasteiger partial charge < -0.3 is 14.7 Å². The van der Waals surface area contributed by atoms with Gasteiger partial charge in [0.2, 0.25) is 5.91 Å². The van der Waals surface area contributed by atoms with Crippen LogP contribution in [-0.2, 0) is 9.53 Å². The molecule has 2 atom stereocenters. The highest BCUT2D eigenvalue weighted by Gasteiger charge is 2.24. The van der Waals surface area contributed by atoms with Crippen molar-refractivity contribution in [2.24, 2.45) is 0 Å². The lowest BCUT2D eigenvalue weighted by Gasteiger charge is -2.29. The molecule has 1 aliphatic heterocycles. The van der Waals surface area contributed by atoms with Gasteiger partial charge in [-0.25, -0.2) is 0 Å². The lowest BCUT2D eigenvalue weighted by molar-refractivity contribution is -0.135. The smallest absolute Gasteiger partial charge is 0.225 e. The third-order valence-electron chi connectivity index (χ3n) is 4.04. The summed E-state index contributed by atoms with van der Waals surface area (Å²) in [7, 11) is 1.78. The molecule has 1 amide bonds. The van der Waals surface area contributed by atoms with Gasteiger partial charge in [-0.2, -0.15) is 0 Å². The van der Waals surface area contributed by atoms with E-state index in [0.717, 1.165) is 31.4 Å². The van der Waals surface area contributed by atoms with Gasteiger partial charge in [0.15, 0.2) is 0 Å². The van der Waals surface area contributed by atoms with Gasteiger partial charge in [0.05, 0.1) is 18.6 Å². The Kier molecular flexibility index (Phi) is 5.01. The van der Waals surface area contributed by atoms with E-state index in [-0.39, 0.29) is 23.8 Å². The summed E-state index contributed by atoms with van der Waals surface area (Å²) >= 11 is 0. The van der Waals surface area contributed by atoms with E-state index in [9.17, 15) is 9.90 Å². The minimum atomic E-state index is -0.146. The molecule has 110 valence electrons. The van der Waals surface area contributed by atoms with Crippen molar-refractivity contribution in [2.75, 3.05) is 13.7 Å². The molecule has 4 heteroatoms. The van der Waals surface area contributed by atoms with Gasteiger partial charge >= 0.3 is 0 Å². The Balaban J connectivity index is 1.97. The molecule has 1 aliphatic rings. The second-order valence-corrected chi connectivity index (χ2v) is 5.43. The number of carbonyl (C=O) groups excluding carboxylic acids is 1. The molecule has 1 saturated heterocycles. The first-order valence-corrected chi connectivity index (χ1v) is 7.24. The number of para-hydroxylation sites is 1. The van der Waals surface area contributed by atoms with Gasteiger partial charge in [0.1, 0.15) is 5.75 Å². The topological polar surface area (TPSA) is 49.8 Å². The number of benzene rings is 1. The summed E-state index contributed by atoms with van der Waals surface area (Å²) in [6.45, 7) is 2.69. The highest BCUT2D eigenvalue weighted by atomic mass is 16.5. The summed E-state index contributed by atoms with van der Waals surface area (Å²) in [5.41, 5.74) is 0.771. The summed E-state index contributed by atoms with van der Waals surface area (Å²) in [6.07, 6.45) is 3.67. The predicted octanol–water partition coefficient (Wildman–Crippen LogP) is 2.87. The molecule has 0 spiro atoms. The Morgan fingerprint density at radius 2 is 2.20 bits per heavy atom. The summed E-state index contributed by atoms with van der Waals surface area (Å²) < 4.78 is 5.61. The van der Waals surface area contributed by atoms with Gasteiger partial charge in [-0.05, 0) is 32.3 Å². The molecule has 4 nitrogen and oxygen atoms in total. The number of aromatic hydroxyl groups is 1. The summed E-state index contributed by atoms with van der Waals surface area (Å²) in [4.78, 5) is 14.0. The molecule has 0 saturated carbocycles. The Morgan fingerprint density at radius 3 is 2.85 bits per heavy atom. The zero-order valence-corrected chi connectivity index (χ0v) is 12.2. The van der Waals surface area contributed by atoms with E-state index < -0.39 is 0 Å². The van der Waals surface area contributed by atoms with Crippen LogP contribution in [0, 0.1) is 0 Å². The van der Waals surface area contributed by atoms with Crippen molar-refractivity contribution < 1.29 is 14.6 Å². The SMILES string of the molecule is CC(c1ccccc1O)N(C)C(=O)CC1CCCCO1. The number of phenols is 1. The minimum absolute atomic E-state index is 0.0512. The quantitative estimate of drug-likeness (QED) is 0.920. The molecule has 0 aromatic heterocycles. The molecule has 1 heterocycles. The van der Waals surface area contributed by atoms with E-state index in [1.165, 1.54) is 0 Å². The van der Waals surface area contributed by atoms with E-state index in [1.807, 2.05) is 19.1 Å². The maximum absolute atomic E-state index is 12.3. The average molecular weight is 277 g/mol. The third-order valence-corrected chi connectivity index (χ3v) is 4.04. The van der Waals surface area contributed by atoms with Gasteiger partial charge in [0, 0.05) is 19.2 Å². The molecule has 1 N–H and O–H groups in total. The van der Waals surface area contributed by atoms with Crippen molar-refractivity contribution in [1.82, 2.24) is 4.90 Å². The monoisotopic (exact) mass is 277 g/mol. The Hall–Kier alpha value is -1.55. The molecule has 0 aliphatic carbocycles. The molecule has 2 rings (SSSR count). The fourth-order valence-electron chi connectivity index (χ4n) is 2.57. The third kappa shape index (κ3) is 3.51. The second-order valence-electron chi connectivity index (χ2n) is 5.43. The zero-order chi connectivity index (χ0) is 14.5. The first-order chi connectivity index (χ1) is 9.59. The fourth-order valence-corrected chi connectivity index (χ4v) is 2.57.